The van der Waals surface area contributed by atoms with E-state index < -0.39 is 6.10 Å². The van der Waals surface area contributed by atoms with E-state index in [1.54, 1.807) is 14.0 Å². The number of hydrogen-bond acceptors (Lipinski definition) is 3. The van der Waals surface area contributed by atoms with Gasteiger partial charge in [0.25, 0.3) is 0 Å². The van der Waals surface area contributed by atoms with E-state index in [-0.39, 0.29) is 11.9 Å². The first-order valence-electron chi connectivity index (χ1n) is 3.20. The van der Waals surface area contributed by atoms with Crippen LogP contribution in [0.4, 0.5) is 0 Å². The van der Waals surface area contributed by atoms with Crippen LogP contribution < -0.4 is 10.6 Å². The van der Waals surface area contributed by atoms with Crippen molar-refractivity contribution < 1.29 is 9.90 Å². The molecule has 60 valence electrons. The van der Waals surface area contributed by atoms with Crippen molar-refractivity contribution in [3.05, 3.63) is 0 Å². The van der Waals surface area contributed by atoms with Crippen LogP contribution in [0.1, 0.15) is 6.92 Å². The van der Waals surface area contributed by atoms with E-state index in [0.29, 0.717) is 0 Å². The maximum atomic E-state index is 10.7. The van der Waals surface area contributed by atoms with Gasteiger partial charge >= 0.3 is 0 Å². The average molecular weight is 146 g/mol. The van der Waals surface area contributed by atoms with Crippen molar-refractivity contribution in [2.75, 3.05) is 14.1 Å². The molecule has 4 heteroatoms. The third-order valence-electron chi connectivity index (χ3n) is 1.44. The summed E-state index contributed by atoms with van der Waals surface area (Å²) in [4.78, 5) is 10.7. The zero-order valence-electron chi connectivity index (χ0n) is 6.51. The summed E-state index contributed by atoms with van der Waals surface area (Å²) in [5, 5.41) is 14.2. The molecule has 0 fully saturated rings. The van der Waals surface area contributed by atoms with Gasteiger partial charge in [-0.1, -0.05) is 0 Å². The highest BCUT2D eigenvalue weighted by molar-refractivity contribution is 5.80. The number of aliphatic hydroxyl groups excluding tert-OH is 1. The Hall–Kier alpha value is -0.610. The van der Waals surface area contributed by atoms with Gasteiger partial charge in [-0.2, -0.15) is 0 Å². The van der Waals surface area contributed by atoms with Crippen LogP contribution in [0.3, 0.4) is 0 Å². The molecule has 0 bridgehead atoms. The number of carbonyl (C=O) groups is 1. The standard InChI is InChI=1S/C6H14N2O2/c1-4(7-2)5(9)6(10)8-3/h4-5,7,9H,1-3H3,(H,8,10). The fraction of sp³-hybridized carbons (Fsp3) is 0.833. The third kappa shape index (κ3) is 2.33. The molecule has 0 aliphatic carbocycles. The molecule has 0 aliphatic heterocycles. The summed E-state index contributed by atoms with van der Waals surface area (Å²) < 4.78 is 0. The van der Waals surface area contributed by atoms with Crippen molar-refractivity contribution in [3.63, 3.8) is 0 Å². The largest absolute Gasteiger partial charge is 0.382 e. The summed E-state index contributed by atoms with van der Waals surface area (Å²) in [6, 6.07) is -0.208. The molecular formula is C6H14N2O2. The van der Waals surface area contributed by atoms with Gasteiger partial charge < -0.3 is 15.7 Å². The molecule has 0 spiro atoms. The number of aliphatic hydroxyl groups is 1. The smallest absolute Gasteiger partial charge is 0.250 e. The van der Waals surface area contributed by atoms with Gasteiger partial charge in [0, 0.05) is 13.1 Å². The van der Waals surface area contributed by atoms with Crippen LogP contribution in [-0.4, -0.2) is 37.3 Å². The summed E-state index contributed by atoms with van der Waals surface area (Å²) in [5.41, 5.74) is 0. The van der Waals surface area contributed by atoms with E-state index in [0.717, 1.165) is 0 Å². The Morgan fingerprint density at radius 3 is 2.30 bits per heavy atom. The number of nitrogens with one attached hydrogen (secondary N) is 2. The summed E-state index contributed by atoms with van der Waals surface area (Å²) >= 11 is 0. The molecule has 0 heterocycles. The van der Waals surface area contributed by atoms with Crippen LogP contribution in [0.15, 0.2) is 0 Å². The van der Waals surface area contributed by atoms with Gasteiger partial charge in [0.2, 0.25) is 5.91 Å². The lowest BCUT2D eigenvalue weighted by atomic mass is 10.2. The first kappa shape index (κ1) is 9.39. The first-order valence-corrected chi connectivity index (χ1v) is 3.20. The third-order valence-corrected chi connectivity index (χ3v) is 1.44. The lowest BCUT2D eigenvalue weighted by Crippen LogP contribution is -2.44. The Kier molecular flexibility index (Phi) is 3.99. The zero-order chi connectivity index (χ0) is 8.15. The predicted octanol–water partition coefficient (Wildman–Crippen LogP) is -1.30. The minimum absolute atomic E-state index is 0.208. The molecular weight excluding hydrogens is 132 g/mol. The van der Waals surface area contributed by atoms with Crippen LogP contribution in [0.2, 0.25) is 0 Å². The van der Waals surface area contributed by atoms with Crippen molar-refractivity contribution in [3.8, 4) is 0 Å². The van der Waals surface area contributed by atoms with E-state index in [9.17, 15) is 4.79 Å². The summed E-state index contributed by atoms with van der Waals surface area (Å²) in [6.45, 7) is 1.74. The van der Waals surface area contributed by atoms with Crippen molar-refractivity contribution >= 4 is 5.91 Å². The average Bonchev–Trinajstić information content (AvgIpc) is 2.00. The molecule has 0 aliphatic rings. The highest BCUT2D eigenvalue weighted by Crippen LogP contribution is 1.90. The SMILES string of the molecule is CNC(=O)C(O)C(C)NC. The predicted molar refractivity (Wildman–Crippen MR) is 38.6 cm³/mol. The summed E-state index contributed by atoms with van der Waals surface area (Å²) in [5.74, 6) is -0.359. The van der Waals surface area contributed by atoms with Crippen molar-refractivity contribution in [1.29, 1.82) is 0 Å². The minimum Gasteiger partial charge on any atom is -0.382 e. The number of amides is 1. The van der Waals surface area contributed by atoms with E-state index in [4.69, 9.17) is 5.11 Å². The summed E-state index contributed by atoms with van der Waals surface area (Å²) in [7, 11) is 3.19. The number of likely N-dealkylation sites (N-methyl/N-ethyl adjacent to an activating group) is 2. The van der Waals surface area contributed by atoms with Gasteiger partial charge in [-0.25, -0.2) is 0 Å². The lowest BCUT2D eigenvalue weighted by molar-refractivity contribution is -0.129. The number of carbonyl (C=O) groups excluding carboxylic acids is 1. The topological polar surface area (TPSA) is 61.4 Å². The monoisotopic (exact) mass is 146 g/mol. The Bertz CT molecular complexity index is 116. The second-order valence-corrected chi connectivity index (χ2v) is 2.14. The second-order valence-electron chi connectivity index (χ2n) is 2.14. The van der Waals surface area contributed by atoms with Crippen LogP contribution in [0.25, 0.3) is 0 Å². The Labute approximate surface area is 60.6 Å². The molecule has 2 atom stereocenters. The normalized spacial score (nSPS) is 16.0. The lowest BCUT2D eigenvalue weighted by Gasteiger charge is -2.15. The molecule has 2 unspecified atom stereocenters. The molecule has 0 saturated heterocycles. The van der Waals surface area contributed by atoms with Gasteiger partial charge in [0.05, 0.1) is 0 Å². The van der Waals surface area contributed by atoms with Gasteiger partial charge in [0.15, 0.2) is 0 Å². The van der Waals surface area contributed by atoms with E-state index >= 15 is 0 Å². The molecule has 0 aromatic carbocycles. The maximum absolute atomic E-state index is 10.7. The van der Waals surface area contributed by atoms with Crippen molar-refractivity contribution in [2.45, 2.75) is 19.1 Å². The maximum Gasteiger partial charge on any atom is 0.250 e. The van der Waals surface area contributed by atoms with Gasteiger partial charge in [0.1, 0.15) is 6.10 Å². The van der Waals surface area contributed by atoms with Crippen LogP contribution in [0.5, 0.6) is 0 Å². The molecule has 0 aromatic rings. The molecule has 3 N–H and O–H groups in total. The van der Waals surface area contributed by atoms with Crippen molar-refractivity contribution in [2.24, 2.45) is 0 Å². The zero-order valence-corrected chi connectivity index (χ0v) is 6.51. The second kappa shape index (κ2) is 4.24. The molecule has 0 radical (unpaired) electrons. The van der Waals surface area contributed by atoms with Crippen LogP contribution >= 0.6 is 0 Å². The Balaban J connectivity index is 3.81. The number of hydrogen-bond donors (Lipinski definition) is 3. The van der Waals surface area contributed by atoms with Crippen LogP contribution in [-0.2, 0) is 4.79 Å². The van der Waals surface area contributed by atoms with Crippen molar-refractivity contribution in [1.82, 2.24) is 10.6 Å². The molecule has 0 aromatic heterocycles. The highest BCUT2D eigenvalue weighted by Gasteiger charge is 2.18. The Morgan fingerprint density at radius 2 is 2.00 bits per heavy atom. The fourth-order valence-corrected chi connectivity index (χ4v) is 0.533. The molecule has 0 rings (SSSR count). The first-order chi connectivity index (χ1) is 4.63. The Morgan fingerprint density at radius 1 is 1.50 bits per heavy atom. The molecule has 10 heavy (non-hydrogen) atoms. The van der Waals surface area contributed by atoms with E-state index in [1.165, 1.54) is 7.05 Å². The van der Waals surface area contributed by atoms with Gasteiger partial charge in [-0.3, -0.25) is 4.79 Å². The molecule has 1 amide bonds. The van der Waals surface area contributed by atoms with E-state index in [2.05, 4.69) is 10.6 Å². The summed E-state index contributed by atoms with van der Waals surface area (Å²) in [6.07, 6.45) is -0.963. The van der Waals surface area contributed by atoms with Gasteiger partial charge in [-0.05, 0) is 14.0 Å². The molecule has 4 nitrogen and oxygen atoms in total. The van der Waals surface area contributed by atoms with Gasteiger partial charge in [-0.15, -0.1) is 0 Å². The van der Waals surface area contributed by atoms with Crippen LogP contribution in [0, 0.1) is 0 Å². The molecule has 0 saturated carbocycles. The fourth-order valence-electron chi connectivity index (χ4n) is 0.533. The van der Waals surface area contributed by atoms with E-state index in [1.807, 2.05) is 0 Å². The number of rotatable bonds is 3. The minimum atomic E-state index is -0.963. The quantitative estimate of drug-likeness (QED) is 0.464. The highest BCUT2D eigenvalue weighted by atomic mass is 16.3.